The fourth-order valence-electron chi connectivity index (χ4n) is 8.43. The minimum Gasteiger partial charge on any atom is -0.0622 e. The number of hydrogen-bond donors (Lipinski definition) is 0. The lowest BCUT2D eigenvalue weighted by atomic mass is 9.84. The Morgan fingerprint density at radius 2 is 0.444 bits per heavy atom. The fourth-order valence-corrected chi connectivity index (χ4v) is 8.43. The van der Waals surface area contributed by atoms with E-state index in [2.05, 4.69) is 218 Å². The van der Waals surface area contributed by atoms with Crippen molar-refractivity contribution in [2.75, 3.05) is 0 Å². The molecule has 252 valence electrons. The Labute approximate surface area is 316 Å². The summed E-state index contributed by atoms with van der Waals surface area (Å²) < 4.78 is 0. The van der Waals surface area contributed by atoms with Gasteiger partial charge in [-0.2, -0.15) is 0 Å². The van der Waals surface area contributed by atoms with E-state index in [1.807, 2.05) is 0 Å². The van der Waals surface area contributed by atoms with Crippen molar-refractivity contribution in [2.24, 2.45) is 0 Å². The molecule has 0 heterocycles. The zero-order valence-corrected chi connectivity index (χ0v) is 29.8. The molecule has 0 spiro atoms. The van der Waals surface area contributed by atoms with Crippen LogP contribution in [0, 0.1) is 0 Å². The molecule has 10 aromatic carbocycles. The van der Waals surface area contributed by atoms with Gasteiger partial charge in [0.25, 0.3) is 0 Å². The molecule has 0 aliphatic carbocycles. The summed E-state index contributed by atoms with van der Waals surface area (Å²) in [6, 6.07) is 79.8. The zero-order valence-electron chi connectivity index (χ0n) is 29.8. The predicted octanol–water partition coefficient (Wildman–Crippen LogP) is 15.1. The van der Waals surface area contributed by atoms with E-state index in [0.29, 0.717) is 0 Å². The molecule has 0 N–H and O–H groups in total. The van der Waals surface area contributed by atoms with Crippen LogP contribution in [0.15, 0.2) is 218 Å². The van der Waals surface area contributed by atoms with Gasteiger partial charge in [-0.25, -0.2) is 0 Å². The molecule has 0 saturated heterocycles. The summed E-state index contributed by atoms with van der Waals surface area (Å²) in [4.78, 5) is 0. The summed E-state index contributed by atoms with van der Waals surface area (Å²) in [5.41, 5.74) is 14.7. The van der Waals surface area contributed by atoms with E-state index < -0.39 is 0 Å². The zero-order chi connectivity index (χ0) is 35.8. The second-order valence-electron chi connectivity index (χ2n) is 14.0. The number of benzene rings is 10. The van der Waals surface area contributed by atoms with Crippen LogP contribution in [0.2, 0.25) is 0 Å². The monoisotopic (exact) mass is 684 g/mol. The van der Waals surface area contributed by atoms with Crippen LogP contribution in [0.25, 0.3) is 99.1 Å². The summed E-state index contributed by atoms with van der Waals surface area (Å²) in [5, 5.41) is 7.57. The Balaban J connectivity index is 1.29. The minimum absolute atomic E-state index is 1.21. The molecule has 0 nitrogen and oxygen atoms in total. The molecule has 0 aromatic heterocycles. The summed E-state index contributed by atoms with van der Waals surface area (Å²) in [6.45, 7) is 0. The highest BCUT2D eigenvalue weighted by molar-refractivity contribution is 6.26. The van der Waals surface area contributed by atoms with E-state index in [9.17, 15) is 0 Å². The summed E-state index contributed by atoms with van der Waals surface area (Å²) in [7, 11) is 0. The maximum absolute atomic E-state index is 2.45. The highest BCUT2D eigenvalue weighted by Crippen LogP contribution is 2.46. The topological polar surface area (TPSA) is 0 Å². The molecule has 10 aromatic rings. The molecule has 54 heavy (non-hydrogen) atoms. The van der Waals surface area contributed by atoms with Gasteiger partial charge in [-0.15, -0.1) is 0 Å². The Hall–Kier alpha value is -7.02. The molecule has 0 fully saturated rings. The molecule has 0 heteroatoms. The van der Waals surface area contributed by atoms with Crippen LogP contribution in [-0.2, 0) is 0 Å². The van der Waals surface area contributed by atoms with Crippen molar-refractivity contribution in [1.82, 2.24) is 0 Å². The third kappa shape index (κ3) is 5.48. The van der Waals surface area contributed by atoms with Crippen LogP contribution in [0.1, 0.15) is 0 Å². The maximum atomic E-state index is 2.45. The maximum Gasteiger partial charge on any atom is -0.00266 e. The van der Waals surface area contributed by atoms with Crippen molar-refractivity contribution in [3.63, 3.8) is 0 Å². The molecule has 0 atom stereocenters. The van der Waals surface area contributed by atoms with Crippen LogP contribution in [-0.4, -0.2) is 0 Å². The molecule has 0 radical (unpaired) electrons. The smallest absolute Gasteiger partial charge is 0.00266 e. The van der Waals surface area contributed by atoms with E-state index in [1.165, 1.54) is 99.1 Å². The third-order valence-corrected chi connectivity index (χ3v) is 10.9. The first-order valence-corrected chi connectivity index (χ1v) is 18.7. The molecule has 0 aliphatic heterocycles. The number of rotatable bonds is 6. The lowest BCUT2D eigenvalue weighted by Crippen LogP contribution is -1.93. The van der Waals surface area contributed by atoms with Crippen LogP contribution >= 0.6 is 0 Å². The fraction of sp³-hybridized carbons (Fsp3) is 0. The van der Waals surface area contributed by atoms with E-state index >= 15 is 0 Å². The first kappa shape index (κ1) is 31.7. The average molecular weight is 685 g/mol. The Morgan fingerprint density at radius 3 is 0.759 bits per heavy atom. The summed E-state index contributed by atoms with van der Waals surface area (Å²) in [6.07, 6.45) is 0. The van der Waals surface area contributed by atoms with E-state index in [0.717, 1.165) is 0 Å². The average Bonchev–Trinajstić information content (AvgIpc) is 3.27. The van der Waals surface area contributed by atoms with Gasteiger partial charge in [0.2, 0.25) is 0 Å². The standard InChI is InChI=1S/C54H36/c1-5-17-37(18-6-1)43-27-15-28-44(38-19-7-2-8-20-38)53(43)41-31-33-49-47-25-13-14-26-48(47)50-34-32-42(36-52(50)51(49)35-41)54-45(39-21-9-3-10-22-39)29-16-30-46(54)40-23-11-4-12-24-40/h1-36H. The minimum atomic E-state index is 1.21. The van der Waals surface area contributed by atoms with E-state index in [-0.39, 0.29) is 0 Å². The van der Waals surface area contributed by atoms with Crippen LogP contribution in [0.3, 0.4) is 0 Å². The third-order valence-electron chi connectivity index (χ3n) is 10.9. The van der Waals surface area contributed by atoms with Gasteiger partial charge in [-0.3, -0.25) is 0 Å². The molecule has 0 unspecified atom stereocenters. The molecular weight excluding hydrogens is 649 g/mol. The second kappa shape index (κ2) is 13.5. The molecule has 0 amide bonds. The Morgan fingerprint density at radius 1 is 0.167 bits per heavy atom. The van der Waals surface area contributed by atoms with Crippen LogP contribution in [0.5, 0.6) is 0 Å². The van der Waals surface area contributed by atoms with Gasteiger partial charge in [-0.1, -0.05) is 206 Å². The first-order chi connectivity index (χ1) is 26.8. The van der Waals surface area contributed by atoms with Crippen molar-refractivity contribution in [3.8, 4) is 66.8 Å². The highest BCUT2D eigenvalue weighted by atomic mass is 14.2. The molecule has 0 bridgehead atoms. The first-order valence-electron chi connectivity index (χ1n) is 18.7. The van der Waals surface area contributed by atoms with Crippen molar-refractivity contribution in [2.45, 2.75) is 0 Å². The number of hydrogen-bond acceptors (Lipinski definition) is 0. The van der Waals surface area contributed by atoms with Gasteiger partial charge in [0.05, 0.1) is 0 Å². The quantitative estimate of drug-likeness (QED) is 0.153. The van der Waals surface area contributed by atoms with Crippen LogP contribution < -0.4 is 0 Å². The SMILES string of the molecule is c1ccc(-c2cccc(-c3ccccc3)c2-c2ccc3c4ccccc4c4ccc(-c5c(-c6ccccc6)cccc5-c5ccccc5)cc4c3c2)cc1. The number of fused-ring (bicyclic) bond motifs is 6. The van der Waals surface area contributed by atoms with Crippen molar-refractivity contribution >= 4 is 32.3 Å². The second-order valence-corrected chi connectivity index (χ2v) is 14.0. The van der Waals surface area contributed by atoms with Gasteiger partial charge in [-0.05, 0) is 111 Å². The lowest BCUT2D eigenvalue weighted by molar-refractivity contribution is 1.56. The van der Waals surface area contributed by atoms with Crippen LogP contribution in [0.4, 0.5) is 0 Å². The Kier molecular flexibility index (Phi) is 7.93. The summed E-state index contributed by atoms with van der Waals surface area (Å²) >= 11 is 0. The molecule has 0 aliphatic rings. The lowest BCUT2D eigenvalue weighted by Gasteiger charge is -2.19. The predicted molar refractivity (Wildman–Crippen MR) is 232 cm³/mol. The van der Waals surface area contributed by atoms with E-state index in [4.69, 9.17) is 0 Å². The van der Waals surface area contributed by atoms with Gasteiger partial charge < -0.3 is 0 Å². The van der Waals surface area contributed by atoms with Crippen molar-refractivity contribution in [3.05, 3.63) is 218 Å². The highest BCUT2D eigenvalue weighted by Gasteiger charge is 2.19. The normalized spacial score (nSPS) is 11.3. The van der Waals surface area contributed by atoms with Gasteiger partial charge in [0.15, 0.2) is 0 Å². The van der Waals surface area contributed by atoms with Gasteiger partial charge in [0, 0.05) is 0 Å². The summed E-state index contributed by atoms with van der Waals surface area (Å²) in [5.74, 6) is 0. The molecular formula is C54H36. The molecule has 0 saturated carbocycles. The molecule has 10 rings (SSSR count). The largest absolute Gasteiger partial charge is 0.0622 e. The van der Waals surface area contributed by atoms with Gasteiger partial charge in [0.1, 0.15) is 0 Å². The van der Waals surface area contributed by atoms with Crippen molar-refractivity contribution in [1.29, 1.82) is 0 Å². The van der Waals surface area contributed by atoms with Crippen molar-refractivity contribution < 1.29 is 0 Å². The van der Waals surface area contributed by atoms with E-state index in [1.54, 1.807) is 0 Å². The van der Waals surface area contributed by atoms with Gasteiger partial charge >= 0.3 is 0 Å². The Bertz CT molecular complexity index is 2620.